The van der Waals surface area contributed by atoms with Gasteiger partial charge < -0.3 is 25.2 Å². The highest BCUT2D eigenvalue weighted by Crippen LogP contribution is 2.39. The van der Waals surface area contributed by atoms with Gasteiger partial charge in [0.1, 0.15) is 23.7 Å². The molecule has 216 valence electrons. The van der Waals surface area contributed by atoms with Crippen molar-refractivity contribution in [2.75, 3.05) is 67.5 Å². The van der Waals surface area contributed by atoms with Crippen molar-refractivity contribution in [1.29, 1.82) is 0 Å². The van der Waals surface area contributed by atoms with Gasteiger partial charge in [-0.25, -0.2) is 19.4 Å². The zero-order valence-corrected chi connectivity index (χ0v) is 23.7. The van der Waals surface area contributed by atoms with Crippen LogP contribution in [0.3, 0.4) is 0 Å². The molecule has 2 aliphatic heterocycles. The lowest BCUT2D eigenvalue weighted by Crippen LogP contribution is -2.44. The monoisotopic (exact) mass is 561 g/mol. The summed E-state index contributed by atoms with van der Waals surface area (Å²) in [6, 6.07) is 10.7. The van der Waals surface area contributed by atoms with E-state index in [4.69, 9.17) is 9.57 Å². The van der Waals surface area contributed by atoms with Gasteiger partial charge in [0.25, 0.3) is 0 Å². The van der Waals surface area contributed by atoms with Gasteiger partial charge in [0.05, 0.1) is 36.8 Å². The number of anilines is 5. The van der Waals surface area contributed by atoms with Crippen molar-refractivity contribution in [2.24, 2.45) is 0 Å². The van der Waals surface area contributed by atoms with Crippen LogP contribution in [0.15, 0.2) is 55.4 Å². The van der Waals surface area contributed by atoms with Gasteiger partial charge in [0, 0.05) is 38.3 Å². The number of methoxy groups -OCH3 is 1. The second-order valence-electron chi connectivity index (χ2n) is 10.3. The SMILES string of the molecule is C=CC(=O)Nc1cc(Nc2cc(N3OCCC3Cc3cccc(F)c3C)ncn2)c(OC)cc1N1CCN(C)CC1. The lowest BCUT2D eigenvalue weighted by Gasteiger charge is -2.35. The van der Waals surface area contributed by atoms with Crippen LogP contribution in [0.4, 0.5) is 33.1 Å². The van der Waals surface area contributed by atoms with Crippen molar-refractivity contribution in [3.05, 3.63) is 72.3 Å². The van der Waals surface area contributed by atoms with Crippen LogP contribution in [0, 0.1) is 12.7 Å². The Balaban J connectivity index is 1.40. The van der Waals surface area contributed by atoms with E-state index in [0.717, 1.165) is 43.9 Å². The van der Waals surface area contributed by atoms with Crippen LogP contribution in [-0.4, -0.2) is 73.8 Å². The van der Waals surface area contributed by atoms with Crippen LogP contribution in [0.5, 0.6) is 5.75 Å². The van der Waals surface area contributed by atoms with Gasteiger partial charge in [-0.2, -0.15) is 0 Å². The second kappa shape index (κ2) is 12.5. The van der Waals surface area contributed by atoms with Gasteiger partial charge in [0.2, 0.25) is 5.91 Å². The smallest absolute Gasteiger partial charge is 0.247 e. The van der Waals surface area contributed by atoms with E-state index in [2.05, 4.69) is 44.0 Å². The average Bonchev–Trinajstić information content (AvgIpc) is 3.44. The molecule has 10 nitrogen and oxygen atoms in total. The lowest BCUT2D eigenvalue weighted by molar-refractivity contribution is -0.111. The maximum Gasteiger partial charge on any atom is 0.247 e. The molecule has 2 aliphatic rings. The molecule has 0 spiro atoms. The number of rotatable bonds is 9. The number of nitrogens with one attached hydrogen (secondary N) is 2. The predicted octanol–water partition coefficient (Wildman–Crippen LogP) is 4.31. The molecule has 1 amide bonds. The first kappa shape index (κ1) is 28.3. The summed E-state index contributed by atoms with van der Waals surface area (Å²) in [5.74, 6) is 1.21. The summed E-state index contributed by atoms with van der Waals surface area (Å²) >= 11 is 0. The zero-order chi connectivity index (χ0) is 28.9. The molecule has 3 aromatic rings. The molecular weight excluding hydrogens is 525 g/mol. The number of carbonyl (C=O) groups is 1. The molecule has 1 atom stereocenters. The molecule has 0 saturated carbocycles. The maximum absolute atomic E-state index is 14.1. The third-order valence-electron chi connectivity index (χ3n) is 7.59. The molecule has 2 fully saturated rings. The molecule has 0 bridgehead atoms. The second-order valence-corrected chi connectivity index (χ2v) is 10.3. The van der Waals surface area contributed by atoms with Crippen molar-refractivity contribution in [1.82, 2.24) is 14.9 Å². The van der Waals surface area contributed by atoms with Crippen LogP contribution in [0.2, 0.25) is 0 Å². The number of likely N-dealkylation sites (N-methyl/N-ethyl adjacent to an activating group) is 1. The van der Waals surface area contributed by atoms with Crippen molar-refractivity contribution in [3.63, 3.8) is 0 Å². The minimum Gasteiger partial charge on any atom is -0.494 e. The number of hydrogen-bond acceptors (Lipinski definition) is 9. The van der Waals surface area contributed by atoms with Gasteiger partial charge >= 0.3 is 0 Å². The Morgan fingerprint density at radius 1 is 1.20 bits per heavy atom. The van der Waals surface area contributed by atoms with E-state index < -0.39 is 0 Å². The van der Waals surface area contributed by atoms with Crippen LogP contribution in [-0.2, 0) is 16.1 Å². The summed E-state index contributed by atoms with van der Waals surface area (Å²) < 4.78 is 19.9. The predicted molar refractivity (Wildman–Crippen MR) is 159 cm³/mol. The first-order valence-electron chi connectivity index (χ1n) is 13.7. The van der Waals surface area contributed by atoms with Gasteiger partial charge in [-0.1, -0.05) is 18.7 Å². The lowest BCUT2D eigenvalue weighted by atomic mass is 9.99. The Morgan fingerprint density at radius 2 is 2.00 bits per heavy atom. The topological polar surface area (TPSA) is 95.1 Å². The molecule has 2 saturated heterocycles. The van der Waals surface area contributed by atoms with Crippen molar-refractivity contribution in [2.45, 2.75) is 25.8 Å². The number of nitrogens with zero attached hydrogens (tertiary/aromatic N) is 5. The fourth-order valence-corrected chi connectivity index (χ4v) is 5.18. The van der Waals surface area contributed by atoms with Crippen LogP contribution in [0.25, 0.3) is 0 Å². The number of aromatic nitrogens is 2. The Bertz CT molecular complexity index is 1410. The van der Waals surface area contributed by atoms with Crippen molar-refractivity contribution in [3.8, 4) is 5.75 Å². The largest absolute Gasteiger partial charge is 0.494 e. The van der Waals surface area contributed by atoms with Gasteiger partial charge in [-0.3, -0.25) is 9.63 Å². The number of ether oxygens (including phenoxy) is 1. The van der Waals surface area contributed by atoms with Crippen LogP contribution < -0.4 is 25.3 Å². The minimum absolute atomic E-state index is 0.00336. The molecule has 0 radical (unpaired) electrons. The maximum atomic E-state index is 14.1. The van der Waals surface area contributed by atoms with Crippen molar-refractivity contribution >= 4 is 34.6 Å². The Labute approximate surface area is 239 Å². The van der Waals surface area contributed by atoms with E-state index in [0.29, 0.717) is 47.4 Å². The van der Waals surface area contributed by atoms with E-state index in [1.54, 1.807) is 31.2 Å². The van der Waals surface area contributed by atoms with Crippen LogP contribution in [0.1, 0.15) is 17.5 Å². The highest BCUT2D eigenvalue weighted by molar-refractivity contribution is 6.02. The number of hydroxylamine groups is 1. The van der Waals surface area contributed by atoms with E-state index >= 15 is 0 Å². The third kappa shape index (κ3) is 6.41. The highest BCUT2D eigenvalue weighted by Gasteiger charge is 2.29. The Kier molecular flexibility index (Phi) is 8.65. The molecular formula is C30H36FN7O3. The summed E-state index contributed by atoms with van der Waals surface area (Å²) in [5, 5.41) is 8.05. The first-order valence-corrected chi connectivity index (χ1v) is 13.7. The van der Waals surface area contributed by atoms with Gasteiger partial charge in [0.15, 0.2) is 5.82 Å². The molecule has 1 aromatic heterocycles. The number of amides is 1. The van der Waals surface area contributed by atoms with Gasteiger partial charge in [-0.05, 0) is 56.1 Å². The van der Waals surface area contributed by atoms with E-state index in [1.165, 1.54) is 18.5 Å². The fraction of sp³-hybridized carbons (Fsp3) is 0.367. The first-order chi connectivity index (χ1) is 19.9. The molecule has 41 heavy (non-hydrogen) atoms. The number of halogens is 1. The van der Waals surface area contributed by atoms with E-state index in [-0.39, 0.29) is 17.8 Å². The Morgan fingerprint density at radius 3 is 2.76 bits per heavy atom. The summed E-state index contributed by atoms with van der Waals surface area (Å²) in [4.78, 5) is 31.6. The molecule has 1 unspecified atom stereocenters. The zero-order valence-electron chi connectivity index (χ0n) is 23.7. The van der Waals surface area contributed by atoms with E-state index in [9.17, 15) is 9.18 Å². The summed E-state index contributed by atoms with van der Waals surface area (Å²) in [6.45, 7) is 9.42. The van der Waals surface area contributed by atoms with Gasteiger partial charge in [-0.15, -0.1) is 0 Å². The molecule has 11 heteroatoms. The number of carbonyl (C=O) groups excluding carboxylic acids is 1. The number of benzene rings is 2. The number of hydrogen-bond donors (Lipinski definition) is 2. The Hall–Kier alpha value is -4.22. The highest BCUT2D eigenvalue weighted by atomic mass is 19.1. The summed E-state index contributed by atoms with van der Waals surface area (Å²) in [5.41, 5.74) is 3.74. The fourth-order valence-electron chi connectivity index (χ4n) is 5.18. The normalized spacial score (nSPS) is 17.4. The molecule has 2 N–H and O–H groups in total. The molecule has 3 heterocycles. The molecule has 2 aromatic carbocycles. The standard InChI is InChI=1S/C30H36FN7O3/c1-5-30(39)35-24-16-25(27(40-4)17-26(24)37-12-10-36(3)11-13-37)34-28-18-29(33-19-32-28)38-22(9-14-41-38)15-21-7-6-8-23(31)20(21)2/h5-8,16-19,22H,1,9-15H2,2-4H3,(H,35,39)(H,32,33,34). The van der Waals surface area contributed by atoms with Crippen LogP contribution >= 0.6 is 0 Å². The minimum atomic E-state index is -0.299. The average molecular weight is 562 g/mol. The number of piperazine rings is 1. The van der Waals surface area contributed by atoms with E-state index in [1.807, 2.05) is 18.2 Å². The summed E-state index contributed by atoms with van der Waals surface area (Å²) in [6.07, 6.45) is 4.13. The van der Waals surface area contributed by atoms with Crippen molar-refractivity contribution < 1.29 is 18.8 Å². The third-order valence-corrected chi connectivity index (χ3v) is 7.59. The quantitative estimate of drug-likeness (QED) is 0.371. The molecule has 5 rings (SSSR count). The summed E-state index contributed by atoms with van der Waals surface area (Å²) in [7, 11) is 3.71. The molecule has 0 aliphatic carbocycles.